The smallest absolute Gasteiger partial charge is 0.224 e. The van der Waals surface area contributed by atoms with E-state index in [1.165, 1.54) is 12.8 Å². The maximum absolute atomic E-state index is 5.60. The molecule has 70 valence electrons. The second kappa shape index (κ2) is 3.02. The molecule has 0 aromatic carbocycles. The summed E-state index contributed by atoms with van der Waals surface area (Å²) in [6, 6.07) is 0.519. The fourth-order valence-electron chi connectivity index (χ4n) is 0.999. The van der Waals surface area contributed by atoms with Crippen molar-refractivity contribution in [3.8, 4) is 0 Å². The normalized spacial score (nSPS) is 15.8. The Kier molecular flexibility index (Phi) is 1.99. The Hall–Kier alpha value is -1.04. The van der Waals surface area contributed by atoms with Crippen molar-refractivity contribution in [1.82, 2.24) is 9.97 Å². The summed E-state index contributed by atoms with van der Waals surface area (Å²) in [5, 5.41) is 3.21. The minimum Gasteiger partial charge on any atom is -0.383 e. The summed E-state index contributed by atoms with van der Waals surface area (Å²) in [7, 11) is 0. The number of aromatic nitrogens is 2. The van der Waals surface area contributed by atoms with E-state index in [1.54, 1.807) is 0 Å². The zero-order valence-corrected chi connectivity index (χ0v) is 8.50. The number of nitrogens with two attached hydrogens (primary N) is 2. The van der Waals surface area contributed by atoms with Crippen LogP contribution in [0.5, 0.6) is 0 Å². The molecule has 1 heterocycles. The number of hydrogen-bond acceptors (Lipinski definition) is 5. The molecule has 2 rings (SSSR count). The van der Waals surface area contributed by atoms with Gasteiger partial charge in [0.25, 0.3) is 0 Å². The zero-order chi connectivity index (χ0) is 9.42. The molecule has 0 atom stereocenters. The number of hydrogen-bond donors (Lipinski definition) is 3. The third-order valence-electron chi connectivity index (χ3n) is 1.81. The Morgan fingerprint density at radius 1 is 1.31 bits per heavy atom. The van der Waals surface area contributed by atoms with Gasteiger partial charge in [0.1, 0.15) is 16.1 Å². The van der Waals surface area contributed by atoms with Gasteiger partial charge in [0.05, 0.1) is 0 Å². The van der Waals surface area contributed by atoms with Gasteiger partial charge in [-0.1, -0.05) is 0 Å². The Morgan fingerprint density at radius 3 is 2.62 bits per heavy atom. The van der Waals surface area contributed by atoms with E-state index in [0.717, 1.165) is 0 Å². The highest BCUT2D eigenvalue weighted by molar-refractivity contribution is 9.10. The molecule has 1 aromatic rings. The average Bonchev–Trinajstić information content (AvgIpc) is 2.83. The first kappa shape index (κ1) is 8.55. The van der Waals surface area contributed by atoms with E-state index in [9.17, 15) is 0 Å². The van der Waals surface area contributed by atoms with E-state index in [0.29, 0.717) is 22.2 Å². The summed E-state index contributed by atoms with van der Waals surface area (Å²) in [5.74, 6) is 1.26. The molecule has 0 radical (unpaired) electrons. The molecule has 0 aliphatic heterocycles. The second-order valence-electron chi connectivity index (χ2n) is 3.05. The second-order valence-corrected chi connectivity index (χ2v) is 3.84. The molecule has 0 spiro atoms. The maximum atomic E-state index is 5.60. The Morgan fingerprint density at radius 2 is 2.00 bits per heavy atom. The van der Waals surface area contributed by atoms with Gasteiger partial charge in [-0.2, -0.15) is 9.97 Å². The molecule has 5 N–H and O–H groups in total. The van der Waals surface area contributed by atoms with Crippen molar-refractivity contribution >= 4 is 33.5 Å². The van der Waals surface area contributed by atoms with E-state index in [-0.39, 0.29) is 5.95 Å². The molecule has 1 aromatic heterocycles. The molecule has 1 saturated carbocycles. The third-order valence-corrected chi connectivity index (χ3v) is 2.59. The number of nitrogens with one attached hydrogen (secondary N) is 1. The predicted octanol–water partition coefficient (Wildman–Crippen LogP) is 0.978. The molecule has 6 heteroatoms. The lowest BCUT2D eigenvalue weighted by atomic mass is 10.5. The lowest BCUT2D eigenvalue weighted by molar-refractivity contribution is 1.08. The number of nitrogen functional groups attached to an aromatic ring is 2. The molecule has 13 heavy (non-hydrogen) atoms. The molecule has 1 fully saturated rings. The zero-order valence-electron chi connectivity index (χ0n) is 6.92. The van der Waals surface area contributed by atoms with Gasteiger partial charge in [0.2, 0.25) is 5.95 Å². The highest BCUT2D eigenvalue weighted by atomic mass is 79.9. The minimum atomic E-state index is 0.198. The van der Waals surface area contributed by atoms with Crippen LogP contribution in [0.1, 0.15) is 12.8 Å². The van der Waals surface area contributed by atoms with Crippen LogP contribution in [-0.2, 0) is 0 Å². The van der Waals surface area contributed by atoms with E-state index in [1.807, 2.05) is 0 Å². The standard InChI is InChI=1S/C7H10BrN5/c8-4-5(9)12-7(10)13-6(4)11-3-1-2-3/h3H,1-2H2,(H5,9,10,11,12,13). The summed E-state index contributed by atoms with van der Waals surface area (Å²) in [6.07, 6.45) is 2.35. The van der Waals surface area contributed by atoms with Crippen LogP contribution < -0.4 is 16.8 Å². The topological polar surface area (TPSA) is 89.8 Å². The van der Waals surface area contributed by atoms with Gasteiger partial charge in [-0.25, -0.2) is 0 Å². The Labute approximate surface area is 84.1 Å². The van der Waals surface area contributed by atoms with Crippen molar-refractivity contribution in [3.63, 3.8) is 0 Å². The Balaban J connectivity index is 2.30. The summed E-state index contributed by atoms with van der Waals surface area (Å²) >= 11 is 3.30. The van der Waals surface area contributed by atoms with Gasteiger partial charge in [-0.05, 0) is 28.8 Å². The molecule has 1 aliphatic carbocycles. The predicted molar refractivity (Wildman–Crippen MR) is 55.2 cm³/mol. The van der Waals surface area contributed by atoms with Gasteiger partial charge < -0.3 is 16.8 Å². The van der Waals surface area contributed by atoms with E-state index >= 15 is 0 Å². The monoisotopic (exact) mass is 243 g/mol. The van der Waals surface area contributed by atoms with Crippen LogP contribution in [0.2, 0.25) is 0 Å². The van der Waals surface area contributed by atoms with Gasteiger partial charge in [0, 0.05) is 6.04 Å². The number of nitrogens with zero attached hydrogens (tertiary/aromatic N) is 2. The SMILES string of the molecule is Nc1nc(N)c(Br)c(NC2CC2)n1. The van der Waals surface area contributed by atoms with Crippen LogP contribution in [-0.4, -0.2) is 16.0 Å². The molecule has 5 nitrogen and oxygen atoms in total. The maximum Gasteiger partial charge on any atom is 0.224 e. The summed E-state index contributed by atoms with van der Waals surface area (Å²) in [6.45, 7) is 0. The number of anilines is 3. The van der Waals surface area contributed by atoms with Crippen LogP contribution in [0.25, 0.3) is 0 Å². The van der Waals surface area contributed by atoms with Crippen molar-refractivity contribution in [2.45, 2.75) is 18.9 Å². The van der Waals surface area contributed by atoms with Gasteiger partial charge in [-0.15, -0.1) is 0 Å². The molecule has 1 aliphatic rings. The first-order chi connectivity index (χ1) is 6.16. The average molecular weight is 244 g/mol. The third kappa shape index (κ3) is 1.82. The fraction of sp³-hybridized carbons (Fsp3) is 0.429. The van der Waals surface area contributed by atoms with Gasteiger partial charge in [0.15, 0.2) is 0 Å². The quantitative estimate of drug-likeness (QED) is 0.721. The molecule has 0 bridgehead atoms. The van der Waals surface area contributed by atoms with E-state index in [4.69, 9.17) is 11.5 Å². The summed E-state index contributed by atoms with van der Waals surface area (Å²) < 4.78 is 0.689. The Bertz CT molecular complexity index is 336. The van der Waals surface area contributed by atoms with Crippen LogP contribution >= 0.6 is 15.9 Å². The van der Waals surface area contributed by atoms with Crippen molar-refractivity contribution in [3.05, 3.63) is 4.47 Å². The number of rotatable bonds is 2. The van der Waals surface area contributed by atoms with Crippen molar-refractivity contribution in [2.75, 3.05) is 16.8 Å². The first-order valence-corrected chi connectivity index (χ1v) is 4.81. The molecule has 0 saturated heterocycles. The molecular weight excluding hydrogens is 234 g/mol. The number of halogens is 1. The lowest BCUT2D eigenvalue weighted by Crippen LogP contribution is -2.08. The minimum absolute atomic E-state index is 0.198. The van der Waals surface area contributed by atoms with Gasteiger partial charge in [-0.3, -0.25) is 0 Å². The highest BCUT2D eigenvalue weighted by Crippen LogP contribution is 2.31. The summed E-state index contributed by atoms with van der Waals surface area (Å²) in [4.78, 5) is 7.86. The fourth-order valence-corrected chi connectivity index (χ4v) is 1.29. The van der Waals surface area contributed by atoms with Crippen LogP contribution in [0.4, 0.5) is 17.6 Å². The largest absolute Gasteiger partial charge is 0.383 e. The molecule has 0 unspecified atom stereocenters. The lowest BCUT2D eigenvalue weighted by Gasteiger charge is -2.07. The van der Waals surface area contributed by atoms with Crippen LogP contribution in [0, 0.1) is 0 Å². The van der Waals surface area contributed by atoms with Crippen molar-refractivity contribution in [2.24, 2.45) is 0 Å². The van der Waals surface area contributed by atoms with Crippen molar-refractivity contribution in [1.29, 1.82) is 0 Å². The highest BCUT2D eigenvalue weighted by Gasteiger charge is 2.23. The first-order valence-electron chi connectivity index (χ1n) is 4.02. The van der Waals surface area contributed by atoms with Crippen LogP contribution in [0.3, 0.4) is 0 Å². The van der Waals surface area contributed by atoms with E-state index < -0.39 is 0 Å². The molecule has 0 amide bonds. The van der Waals surface area contributed by atoms with Crippen LogP contribution in [0.15, 0.2) is 4.47 Å². The van der Waals surface area contributed by atoms with Crippen molar-refractivity contribution < 1.29 is 0 Å². The summed E-state index contributed by atoms with van der Waals surface area (Å²) in [5.41, 5.74) is 11.1. The molecular formula is C7H10BrN5. The van der Waals surface area contributed by atoms with Gasteiger partial charge >= 0.3 is 0 Å². The van der Waals surface area contributed by atoms with E-state index in [2.05, 4.69) is 31.2 Å².